The molecule has 0 heterocycles. The first-order valence-electron chi connectivity index (χ1n) is 6.06. The van der Waals surface area contributed by atoms with Gasteiger partial charge in [-0.05, 0) is 18.1 Å². The van der Waals surface area contributed by atoms with E-state index in [1.165, 1.54) is 0 Å². The third-order valence-electron chi connectivity index (χ3n) is 2.33. The average Bonchev–Trinajstić information content (AvgIpc) is 2.32. The molecule has 0 bridgehead atoms. The summed E-state index contributed by atoms with van der Waals surface area (Å²) in [6, 6.07) is 1.87. The molecule has 0 fully saturated rings. The number of nitrogen functional groups attached to an aromatic ring is 1. The molecule has 0 atom stereocenters. The Bertz CT molecular complexity index is 564. The molecule has 1 aromatic carbocycles. The van der Waals surface area contributed by atoms with Crippen LogP contribution in [0, 0.1) is 11.7 Å². The van der Waals surface area contributed by atoms with Crippen molar-refractivity contribution in [3.8, 4) is 0 Å². The molecule has 0 aliphatic heterocycles. The van der Waals surface area contributed by atoms with Gasteiger partial charge in [0.2, 0.25) is 10.0 Å². The third kappa shape index (κ3) is 4.90. The molecule has 0 spiro atoms. The first kappa shape index (κ1) is 17.2. The summed E-state index contributed by atoms with van der Waals surface area (Å²) in [4.78, 5) is -0.248. The molecule has 1 aromatic rings. The minimum Gasteiger partial charge on any atom is -0.396 e. The number of nitrogens with one attached hydrogen (secondary N) is 1. The summed E-state index contributed by atoms with van der Waals surface area (Å²) >= 11 is 5.72. The number of sulfonamides is 1. The molecule has 0 amide bonds. The van der Waals surface area contributed by atoms with E-state index >= 15 is 0 Å². The third-order valence-corrected chi connectivity index (χ3v) is 4.26. The van der Waals surface area contributed by atoms with Crippen molar-refractivity contribution < 1.29 is 17.5 Å². The summed E-state index contributed by atoms with van der Waals surface area (Å²) in [7, 11) is -3.84. The van der Waals surface area contributed by atoms with Crippen LogP contribution in [0.25, 0.3) is 0 Å². The largest absolute Gasteiger partial charge is 0.396 e. The lowest BCUT2D eigenvalue weighted by Crippen LogP contribution is -2.28. The van der Waals surface area contributed by atoms with Gasteiger partial charge in [-0.2, -0.15) is 0 Å². The highest BCUT2D eigenvalue weighted by atomic mass is 35.5. The second kappa shape index (κ2) is 7.21. The van der Waals surface area contributed by atoms with E-state index in [4.69, 9.17) is 22.1 Å². The number of hydrogen-bond donors (Lipinski definition) is 2. The number of rotatable bonds is 7. The van der Waals surface area contributed by atoms with Crippen LogP contribution in [0.15, 0.2) is 17.0 Å². The van der Waals surface area contributed by atoms with Gasteiger partial charge in [0.25, 0.3) is 0 Å². The fourth-order valence-electron chi connectivity index (χ4n) is 1.40. The molecular weight excluding hydrogens is 307 g/mol. The van der Waals surface area contributed by atoms with Crippen molar-refractivity contribution in [2.45, 2.75) is 18.7 Å². The monoisotopic (exact) mass is 324 g/mol. The predicted molar refractivity (Wildman–Crippen MR) is 76.7 cm³/mol. The van der Waals surface area contributed by atoms with E-state index in [-0.39, 0.29) is 28.8 Å². The second-order valence-electron chi connectivity index (χ2n) is 4.67. The molecule has 0 radical (unpaired) electrons. The van der Waals surface area contributed by atoms with Crippen LogP contribution in [0.5, 0.6) is 0 Å². The highest BCUT2D eigenvalue weighted by Crippen LogP contribution is 2.25. The smallest absolute Gasteiger partial charge is 0.242 e. The van der Waals surface area contributed by atoms with E-state index in [1.807, 2.05) is 13.8 Å². The number of halogens is 2. The van der Waals surface area contributed by atoms with Crippen molar-refractivity contribution in [1.82, 2.24) is 4.72 Å². The fraction of sp³-hybridized carbons (Fsp3) is 0.500. The standard InChI is InChI=1S/C12H18ClFN2O3S/c1-8(2)7-19-4-3-16-20(17,18)12-6-11(15)10(14)5-9(12)13/h5-6,8,16H,3-4,7,15H2,1-2H3. The normalized spacial score (nSPS) is 12.1. The van der Waals surface area contributed by atoms with Crippen LogP contribution >= 0.6 is 11.6 Å². The van der Waals surface area contributed by atoms with E-state index in [0.717, 1.165) is 12.1 Å². The van der Waals surface area contributed by atoms with Crippen molar-refractivity contribution in [3.63, 3.8) is 0 Å². The lowest BCUT2D eigenvalue weighted by Gasteiger charge is -2.10. The van der Waals surface area contributed by atoms with Gasteiger partial charge in [0.15, 0.2) is 0 Å². The molecule has 8 heteroatoms. The zero-order valence-electron chi connectivity index (χ0n) is 11.3. The van der Waals surface area contributed by atoms with E-state index in [2.05, 4.69) is 4.72 Å². The van der Waals surface area contributed by atoms with Crippen LogP contribution in [0.4, 0.5) is 10.1 Å². The van der Waals surface area contributed by atoms with Crippen molar-refractivity contribution in [3.05, 3.63) is 23.0 Å². The van der Waals surface area contributed by atoms with Gasteiger partial charge in [0.05, 0.1) is 17.3 Å². The van der Waals surface area contributed by atoms with Gasteiger partial charge in [-0.3, -0.25) is 0 Å². The Morgan fingerprint density at radius 2 is 2.10 bits per heavy atom. The Morgan fingerprint density at radius 3 is 2.70 bits per heavy atom. The Labute approximate surface area is 123 Å². The Morgan fingerprint density at radius 1 is 1.45 bits per heavy atom. The zero-order chi connectivity index (χ0) is 15.3. The molecule has 0 aromatic heterocycles. The molecule has 0 aliphatic carbocycles. The number of hydrogen-bond acceptors (Lipinski definition) is 4. The molecule has 1 rings (SSSR count). The lowest BCUT2D eigenvalue weighted by molar-refractivity contribution is 0.114. The van der Waals surface area contributed by atoms with Gasteiger partial charge in [-0.25, -0.2) is 17.5 Å². The molecule has 20 heavy (non-hydrogen) atoms. The van der Waals surface area contributed by atoms with Gasteiger partial charge < -0.3 is 10.5 Å². The van der Waals surface area contributed by atoms with E-state index in [1.54, 1.807) is 0 Å². The predicted octanol–water partition coefficient (Wildman–Crippen LogP) is 2.01. The summed E-state index contributed by atoms with van der Waals surface area (Å²) in [6.45, 7) is 4.87. The molecular formula is C12H18ClFN2O3S. The average molecular weight is 325 g/mol. The van der Waals surface area contributed by atoms with Gasteiger partial charge in [0, 0.05) is 13.2 Å². The Kier molecular flexibility index (Phi) is 6.19. The molecule has 0 unspecified atom stereocenters. The first-order valence-corrected chi connectivity index (χ1v) is 7.92. The van der Waals surface area contributed by atoms with Crippen molar-refractivity contribution in [2.24, 2.45) is 5.92 Å². The van der Waals surface area contributed by atoms with Crippen LogP contribution < -0.4 is 10.5 Å². The maximum absolute atomic E-state index is 13.1. The van der Waals surface area contributed by atoms with Crippen LogP contribution in [0.3, 0.4) is 0 Å². The quantitative estimate of drug-likeness (QED) is 0.594. The van der Waals surface area contributed by atoms with Crippen molar-refractivity contribution in [2.75, 3.05) is 25.5 Å². The van der Waals surface area contributed by atoms with Gasteiger partial charge in [-0.1, -0.05) is 25.4 Å². The maximum atomic E-state index is 13.1. The van der Waals surface area contributed by atoms with Gasteiger partial charge >= 0.3 is 0 Å². The molecule has 3 N–H and O–H groups in total. The number of anilines is 1. The number of nitrogens with two attached hydrogens (primary N) is 1. The second-order valence-corrected chi connectivity index (χ2v) is 6.81. The van der Waals surface area contributed by atoms with Crippen molar-refractivity contribution >= 4 is 27.3 Å². The Hall–Kier alpha value is -0.890. The van der Waals surface area contributed by atoms with E-state index < -0.39 is 15.8 Å². The summed E-state index contributed by atoms with van der Waals surface area (Å²) < 4.78 is 44.7. The molecule has 114 valence electrons. The van der Waals surface area contributed by atoms with Crippen LogP contribution in [0.1, 0.15) is 13.8 Å². The van der Waals surface area contributed by atoms with Gasteiger partial charge in [-0.15, -0.1) is 0 Å². The van der Waals surface area contributed by atoms with Crippen LogP contribution in [0.2, 0.25) is 5.02 Å². The summed E-state index contributed by atoms with van der Waals surface area (Å²) in [5.41, 5.74) is 5.07. The molecule has 0 aliphatic rings. The highest BCUT2D eigenvalue weighted by molar-refractivity contribution is 7.89. The topological polar surface area (TPSA) is 81.4 Å². The summed E-state index contributed by atoms with van der Waals surface area (Å²) in [5.74, 6) is -0.382. The van der Waals surface area contributed by atoms with Gasteiger partial charge in [0.1, 0.15) is 10.7 Å². The van der Waals surface area contributed by atoms with Crippen LogP contribution in [-0.2, 0) is 14.8 Å². The fourth-order valence-corrected chi connectivity index (χ4v) is 2.96. The lowest BCUT2D eigenvalue weighted by atomic mass is 10.2. The van der Waals surface area contributed by atoms with Crippen LogP contribution in [-0.4, -0.2) is 28.2 Å². The minimum absolute atomic E-state index is 0.0999. The summed E-state index contributed by atoms with van der Waals surface area (Å²) in [6.07, 6.45) is 0. The van der Waals surface area contributed by atoms with E-state index in [9.17, 15) is 12.8 Å². The highest BCUT2D eigenvalue weighted by Gasteiger charge is 2.19. The SMILES string of the molecule is CC(C)COCCNS(=O)(=O)c1cc(N)c(F)cc1Cl. The van der Waals surface area contributed by atoms with Crippen molar-refractivity contribution in [1.29, 1.82) is 0 Å². The number of ether oxygens (including phenoxy) is 1. The zero-order valence-corrected chi connectivity index (χ0v) is 12.9. The molecule has 0 saturated heterocycles. The maximum Gasteiger partial charge on any atom is 0.242 e. The Balaban J connectivity index is 2.68. The molecule has 0 saturated carbocycles. The molecule has 5 nitrogen and oxygen atoms in total. The van der Waals surface area contributed by atoms with E-state index in [0.29, 0.717) is 12.5 Å². The first-order chi connectivity index (χ1) is 9.24. The summed E-state index contributed by atoms with van der Waals surface area (Å²) in [5, 5.41) is -0.215. The minimum atomic E-state index is -3.84. The number of benzene rings is 1.